The van der Waals surface area contributed by atoms with Gasteiger partial charge in [-0.05, 0) is 43.4 Å². The Morgan fingerprint density at radius 2 is 1.94 bits per heavy atom. The van der Waals surface area contributed by atoms with Gasteiger partial charge in [-0.3, -0.25) is 0 Å². The number of hydrogen-bond acceptors (Lipinski definition) is 2. The lowest BCUT2D eigenvalue weighted by Crippen LogP contribution is -2.26. The minimum atomic E-state index is 0.673. The first-order valence-electron chi connectivity index (χ1n) is 6.70. The molecule has 1 unspecified atom stereocenters. The Hall–Kier alpha value is -1.12. The van der Waals surface area contributed by atoms with Crippen LogP contribution in [0.1, 0.15) is 24.6 Å². The third-order valence-electron chi connectivity index (χ3n) is 3.65. The molecule has 1 aromatic carbocycles. The Bertz CT molecular complexity index is 499. The average molecular weight is 257 g/mol. The molecule has 0 aliphatic heterocycles. The molecule has 0 saturated heterocycles. The van der Waals surface area contributed by atoms with Crippen molar-refractivity contribution in [2.24, 2.45) is 5.92 Å². The summed E-state index contributed by atoms with van der Waals surface area (Å²) in [4.78, 5) is 2.80. The van der Waals surface area contributed by atoms with Crippen LogP contribution in [-0.2, 0) is 6.54 Å². The molecule has 1 nitrogen and oxygen atoms in total. The van der Waals surface area contributed by atoms with Gasteiger partial charge in [-0.2, -0.15) is 0 Å². The van der Waals surface area contributed by atoms with E-state index in [1.54, 1.807) is 0 Å². The minimum Gasteiger partial charge on any atom is -0.309 e. The average Bonchev–Trinajstić information content (AvgIpc) is 3.16. The Labute approximate surface area is 113 Å². The van der Waals surface area contributed by atoms with Crippen molar-refractivity contribution in [2.75, 3.05) is 0 Å². The number of nitrogens with one attached hydrogen (secondary N) is 1. The Morgan fingerprint density at radius 1 is 1.17 bits per heavy atom. The first kappa shape index (κ1) is 11.9. The van der Waals surface area contributed by atoms with Gasteiger partial charge in [0.05, 0.1) is 0 Å². The smallest absolute Gasteiger partial charge is 0.0346 e. The fourth-order valence-electron chi connectivity index (χ4n) is 2.25. The number of benzene rings is 1. The van der Waals surface area contributed by atoms with Gasteiger partial charge in [-0.1, -0.05) is 30.3 Å². The van der Waals surface area contributed by atoms with Gasteiger partial charge in [-0.25, -0.2) is 0 Å². The molecule has 0 amide bonds. The van der Waals surface area contributed by atoms with Crippen molar-refractivity contribution < 1.29 is 0 Å². The SMILES string of the molecule is CC(NCc1ccc(-c2ccccc2)s1)C1CC1. The van der Waals surface area contributed by atoms with Crippen LogP contribution in [0.5, 0.6) is 0 Å². The molecule has 18 heavy (non-hydrogen) atoms. The van der Waals surface area contributed by atoms with Crippen LogP contribution in [-0.4, -0.2) is 6.04 Å². The maximum Gasteiger partial charge on any atom is 0.0346 e. The number of thiophene rings is 1. The lowest BCUT2D eigenvalue weighted by atomic mass is 10.2. The van der Waals surface area contributed by atoms with E-state index >= 15 is 0 Å². The molecule has 1 N–H and O–H groups in total. The molecule has 1 heterocycles. The summed E-state index contributed by atoms with van der Waals surface area (Å²) in [6.07, 6.45) is 2.82. The van der Waals surface area contributed by atoms with Crippen LogP contribution in [0.2, 0.25) is 0 Å². The second-order valence-corrected chi connectivity index (χ2v) is 6.31. The van der Waals surface area contributed by atoms with Crippen LogP contribution in [0.4, 0.5) is 0 Å². The van der Waals surface area contributed by atoms with E-state index in [2.05, 4.69) is 54.7 Å². The van der Waals surface area contributed by atoms with Crippen molar-refractivity contribution >= 4 is 11.3 Å². The van der Waals surface area contributed by atoms with Gasteiger partial charge < -0.3 is 5.32 Å². The fourth-order valence-corrected chi connectivity index (χ4v) is 3.22. The van der Waals surface area contributed by atoms with Gasteiger partial charge >= 0.3 is 0 Å². The van der Waals surface area contributed by atoms with E-state index in [4.69, 9.17) is 0 Å². The summed E-state index contributed by atoms with van der Waals surface area (Å²) in [7, 11) is 0. The van der Waals surface area contributed by atoms with Crippen LogP contribution < -0.4 is 5.32 Å². The summed E-state index contributed by atoms with van der Waals surface area (Å²) in [5.74, 6) is 0.929. The minimum absolute atomic E-state index is 0.673. The summed E-state index contributed by atoms with van der Waals surface area (Å²) in [6.45, 7) is 3.32. The van der Waals surface area contributed by atoms with Crippen LogP contribution in [0.3, 0.4) is 0 Å². The maximum absolute atomic E-state index is 3.64. The van der Waals surface area contributed by atoms with Crippen LogP contribution in [0, 0.1) is 5.92 Å². The van der Waals surface area contributed by atoms with Crippen LogP contribution >= 0.6 is 11.3 Å². The second kappa shape index (κ2) is 5.25. The van der Waals surface area contributed by atoms with Gasteiger partial charge in [0.2, 0.25) is 0 Å². The molecule has 1 aromatic heterocycles. The largest absolute Gasteiger partial charge is 0.309 e. The highest BCUT2D eigenvalue weighted by Gasteiger charge is 2.27. The molecule has 94 valence electrons. The van der Waals surface area contributed by atoms with Crippen molar-refractivity contribution in [3.63, 3.8) is 0 Å². The van der Waals surface area contributed by atoms with Gasteiger partial charge in [0.15, 0.2) is 0 Å². The molecule has 2 aromatic rings. The molecule has 1 aliphatic rings. The third kappa shape index (κ3) is 2.82. The third-order valence-corrected chi connectivity index (χ3v) is 4.78. The van der Waals surface area contributed by atoms with E-state index in [9.17, 15) is 0 Å². The molecule has 1 fully saturated rings. The van der Waals surface area contributed by atoms with Crippen molar-refractivity contribution in [3.8, 4) is 10.4 Å². The molecular formula is C16H19NS. The molecule has 1 aliphatic carbocycles. The standard InChI is InChI=1S/C16H19NS/c1-12(13-7-8-13)17-11-15-9-10-16(18-15)14-5-3-2-4-6-14/h2-6,9-10,12-13,17H,7-8,11H2,1H3. The zero-order valence-electron chi connectivity index (χ0n) is 10.7. The highest BCUT2D eigenvalue weighted by atomic mass is 32.1. The maximum atomic E-state index is 3.64. The van der Waals surface area contributed by atoms with E-state index in [-0.39, 0.29) is 0 Å². The van der Waals surface area contributed by atoms with Gasteiger partial charge in [-0.15, -0.1) is 11.3 Å². The Morgan fingerprint density at radius 3 is 2.67 bits per heavy atom. The van der Waals surface area contributed by atoms with Gasteiger partial charge in [0.25, 0.3) is 0 Å². The lowest BCUT2D eigenvalue weighted by molar-refractivity contribution is 0.499. The topological polar surface area (TPSA) is 12.0 Å². The van der Waals surface area contributed by atoms with E-state index < -0.39 is 0 Å². The van der Waals surface area contributed by atoms with E-state index in [1.807, 2.05) is 11.3 Å². The van der Waals surface area contributed by atoms with E-state index in [1.165, 1.54) is 28.2 Å². The molecular weight excluding hydrogens is 238 g/mol. The normalized spacial score (nSPS) is 16.7. The zero-order chi connectivity index (χ0) is 12.4. The molecule has 3 rings (SSSR count). The monoisotopic (exact) mass is 257 g/mol. The summed E-state index contributed by atoms with van der Waals surface area (Å²) >= 11 is 1.90. The number of hydrogen-bond donors (Lipinski definition) is 1. The van der Waals surface area contributed by atoms with Gasteiger partial charge in [0, 0.05) is 22.3 Å². The summed E-state index contributed by atoms with van der Waals surface area (Å²) in [5, 5.41) is 3.64. The van der Waals surface area contributed by atoms with Crippen LogP contribution in [0.15, 0.2) is 42.5 Å². The lowest BCUT2D eigenvalue weighted by Gasteiger charge is -2.11. The van der Waals surface area contributed by atoms with Crippen molar-refractivity contribution in [3.05, 3.63) is 47.3 Å². The Balaban J connectivity index is 1.62. The fraction of sp³-hybridized carbons (Fsp3) is 0.375. The predicted octanol–water partition coefficient (Wildman–Crippen LogP) is 4.30. The van der Waals surface area contributed by atoms with Gasteiger partial charge in [0.1, 0.15) is 0 Å². The number of rotatable bonds is 5. The quantitative estimate of drug-likeness (QED) is 0.842. The Kier molecular flexibility index (Phi) is 3.48. The van der Waals surface area contributed by atoms with Crippen molar-refractivity contribution in [1.82, 2.24) is 5.32 Å². The van der Waals surface area contributed by atoms with Crippen molar-refractivity contribution in [1.29, 1.82) is 0 Å². The molecule has 0 spiro atoms. The molecule has 2 heteroatoms. The molecule has 0 radical (unpaired) electrons. The molecule has 1 saturated carbocycles. The zero-order valence-corrected chi connectivity index (χ0v) is 11.5. The highest BCUT2D eigenvalue weighted by molar-refractivity contribution is 7.15. The van der Waals surface area contributed by atoms with Crippen molar-refractivity contribution in [2.45, 2.75) is 32.4 Å². The molecule has 1 atom stereocenters. The first-order chi connectivity index (χ1) is 8.83. The second-order valence-electron chi connectivity index (χ2n) is 5.14. The summed E-state index contributed by atoms with van der Waals surface area (Å²) < 4.78 is 0. The van der Waals surface area contributed by atoms with Crippen LogP contribution in [0.25, 0.3) is 10.4 Å². The first-order valence-corrected chi connectivity index (χ1v) is 7.52. The predicted molar refractivity (Wildman–Crippen MR) is 78.8 cm³/mol. The molecule has 0 bridgehead atoms. The van der Waals surface area contributed by atoms with E-state index in [0.29, 0.717) is 6.04 Å². The summed E-state index contributed by atoms with van der Waals surface area (Å²) in [6, 6.07) is 15.8. The summed E-state index contributed by atoms with van der Waals surface area (Å²) in [5.41, 5.74) is 1.32. The highest BCUT2D eigenvalue weighted by Crippen LogP contribution is 2.33. The van der Waals surface area contributed by atoms with E-state index in [0.717, 1.165) is 12.5 Å².